The van der Waals surface area contributed by atoms with Crippen molar-refractivity contribution in [3.63, 3.8) is 0 Å². The summed E-state index contributed by atoms with van der Waals surface area (Å²) >= 11 is 0. The van der Waals surface area contributed by atoms with Gasteiger partial charge in [0.25, 0.3) is 0 Å². The molecule has 0 aliphatic rings. The Morgan fingerprint density at radius 1 is 1.25 bits per heavy atom. The van der Waals surface area contributed by atoms with E-state index in [1.54, 1.807) is 12.1 Å². The van der Waals surface area contributed by atoms with E-state index >= 15 is 0 Å². The van der Waals surface area contributed by atoms with Crippen molar-refractivity contribution in [3.05, 3.63) is 41.5 Å². The number of hydrogen-bond donors (Lipinski definition) is 2. The van der Waals surface area contributed by atoms with Gasteiger partial charge in [-0.05, 0) is 37.6 Å². The second-order valence-corrected chi connectivity index (χ2v) is 4.60. The number of nitrogens with zero attached hydrogens (tertiary/aromatic N) is 2. The summed E-state index contributed by atoms with van der Waals surface area (Å²) in [5.74, 6) is 0.301. The molecule has 0 aliphatic heterocycles. The Kier molecular flexibility index (Phi) is 5.06. The van der Waals surface area contributed by atoms with Gasteiger partial charge in [-0.1, -0.05) is 24.2 Å². The summed E-state index contributed by atoms with van der Waals surface area (Å²) in [6.07, 6.45) is 1.06. The Morgan fingerprint density at radius 2 is 2.00 bits per heavy atom. The molecule has 2 rings (SSSR count). The number of aromatic nitrogens is 2. The number of benzene rings is 1. The lowest BCUT2D eigenvalue weighted by atomic mass is 10.1. The molecule has 2 N–H and O–H groups in total. The fraction of sp³-hybridized carbons (Fsp3) is 0.429. The van der Waals surface area contributed by atoms with E-state index in [9.17, 15) is 4.39 Å². The molecular weight excluding hydrogens is 259 g/mol. The third-order valence-corrected chi connectivity index (χ3v) is 2.88. The molecule has 0 aliphatic carbocycles. The number of halogens is 1. The van der Waals surface area contributed by atoms with E-state index in [2.05, 4.69) is 27.8 Å². The summed E-state index contributed by atoms with van der Waals surface area (Å²) in [6, 6.07) is 6.66. The highest BCUT2D eigenvalue weighted by Gasteiger charge is 2.10. The van der Waals surface area contributed by atoms with Gasteiger partial charge in [0.05, 0.1) is 12.6 Å². The Hall–Kier alpha value is -1.95. The molecule has 0 saturated carbocycles. The fourth-order valence-corrected chi connectivity index (χ4v) is 1.78. The van der Waals surface area contributed by atoms with Crippen LogP contribution in [-0.2, 0) is 6.54 Å². The highest BCUT2D eigenvalue weighted by atomic mass is 19.1. The van der Waals surface area contributed by atoms with Gasteiger partial charge in [-0.3, -0.25) is 0 Å². The van der Waals surface area contributed by atoms with E-state index in [0.29, 0.717) is 18.5 Å². The zero-order chi connectivity index (χ0) is 14.4. The Balaban J connectivity index is 1.91. The van der Waals surface area contributed by atoms with Crippen LogP contribution >= 0.6 is 0 Å². The van der Waals surface area contributed by atoms with Gasteiger partial charge >= 0.3 is 6.01 Å². The van der Waals surface area contributed by atoms with Crippen LogP contribution in [0.5, 0.6) is 0 Å². The van der Waals surface area contributed by atoms with Crippen LogP contribution in [-0.4, -0.2) is 16.7 Å². The van der Waals surface area contributed by atoms with Crippen LogP contribution in [0.15, 0.2) is 28.7 Å². The minimum absolute atomic E-state index is 0.0347. The van der Waals surface area contributed by atoms with Crippen LogP contribution in [0.1, 0.15) is 37.8 Å². The zero-order valence-corrected chi connectivity index (χ0v) is 11.7. The minimum atomic E-state index is -0.247. The van der Waals surface area contributed by atoms with Gasteiger partial charge in [0.15, 0.2) is 0 Å². The molecule has 1 aromatic heterocycles. The lowest BCUT2D eigenvalue weighted by molar-refractivity contribution is 0.474. The highest BCUT2D eigenvalue weighted by Crippen LogP contribution is 2.18. The Morgan fingerprint density at radius 3 is 2.70 bits per heavy atom. The van der Waals surface area contributed by atoms with E-state index in [1.807, 2.05) is 6.92 Å². The van der Waals surface area contributed by atoms with Crippen molar-refractivity contribution in [2.45, 2.75) is 32.9 Å². The molecule has 1 unspecified atom stereocenters. The van der Waals surface area contributed by atoms with Crippen molar-refractivity contribution in [2.24, 2.45) is 0 Å². The van der Waals surface area contributed by atoms with Gasteiger partial charge in [-0.2, -0.15) is 0 Å². The zero-order valence-electron chi connectivity index (χ0n) is 11.7. The van der Waals surface area contributed by atoms with Crippen LogP contribution in [0.25, 0.3) is 0 Å². The quantitative estimate of drug-likeness (QED) is 0.762. The van der Waals surface area contributed by atoms with Gasteiger partial charge in [0, 0.05) is 0 Å². The molecule has 20 heavy (non-hydrogen) atoms. The van der Waals surface area contributed by atoms with Crippen LogP contribution in [0.2, 0.25) is 0 Å². The average Bonchev–Trinajstić information content (AvgIpc) is 2.87. The average molecular weight is 278 g/mol. The maximum absolute atomic E-state index is 12.9. The summed E-state index contributed by atoms with van der Waals surface area (Å²) in [7, 11) is 0. The lowest BCUT2D eigenvalue weighted by Crippen LogP contribution is -2.13. The van der Waals surface area contributed by atoms with Crippen LogP contribution in [0.4, 0.5) is 10.4 Å². The molecular formula is C14H19FN4O. The summed E-state index contributed by atoms with van der Waals surface area (Å²) in [5.41, 5.74) is 0.954. The third kappa shape index (κ3) is 4.03. The lowest BCUT2D eigenvalue weighted by Gasteiger charge is -2.11. The van der Waals surface area contributed by atoms with E-state index in [-0.39, 0.29) is 11.9 Å². The van der Waals surface area contributed by atoms with E-state index in [4.69, 9.17) is 4.42 Å². The first-order chi connectivity index (χ1) is 9.69. The maximum Gasteiger partial charge on any atom is 0.315 e. The van der Waals surface area contributed by atoms with Crippen molar-refractivity contribution in [2.75, 3.05) is 11.9 Å². The molecule has 1 heterocycles. The van der Waals surface area contributed by atoms with Crippen LogP contribution in [0.3, 0.4) is 0 Å². The molecule has 1 atom stereocenters. The first-order valence-corrected chi connectivity index (χ1v) is 6.74. The summed E-state index contributed by atoms with van der Waals surface area (Å²) < 4.78 is 18.3. The van der Waals surface area contributed by atoms with Crippen LogP contribution < -0.4 is 10.6 Å². The molecule has 0 saturated heterocycles. The topological polar surface area (TPSA) is 63.0 Å². The summed E-state index contributed by atoms with van der Waals surface area (Å²) in [6.45, 7) is 5.52. The van der Waals surface area contributed by atoms with Crippen molar-refractivity contribution in [1.29, 1.82) is 0 Å². The number of hydrogen-bond acceptors (Lipinski definition) is 5. The Bertz CT molecular complexity index is 526. The number of anilines is 1. The second-order valence-electron chi connectivity index (χ2n) is 4.60. The molecule has 0 spiro atoms. The van der Waals surface area contributed by atoms with E-state index < -0.39 is 0 Å². The molecule has 5 nitrogen and oxygen atoms in total. The SMILES string of the molecule is CCCNCc1nnc(NC(C)c2ccc(F)cc2)o1. The van der Waals surface area contributed by atoms with Crippen molar-refractivity contribution >= 4 is 6.01 Å². The van der Waals surface area contributed by atoms with E-state index in [0.717, 1.165) is 18.5 Å². The molecule has 0 radical (unpaired) electrons. The van der Waals surface area contributed by atoms with Crippen molar-refractivity contribution in [1.82, 2.24) is 15.5 Å². The normalized spacial score (nSPS) is 12.3. The molecule has 0 fully saturated rings. The van der Waals surface area contributed by atoms with Crippen molar-refractivity contribution < 1.29 is 8.81 Å². The van der Waals surface area contributed by atoms with Gasteiger partial charge in [-0.15, -0.1) is 5.10 Å². The first-order valence-electron chi connectivity index (χ1n) is 6.74. The van der Waals surface area contributed by atoms with Gasteiger partial charge in [-0.25, -0.2) is 4.39 Å². The first kappa shape index (κ1) is 14.5. The predicted octanol–water partition coefficient (Wildman–Crippen LogP) is 2.88. The predicted molar refractivity (Wildman–Crippen MR) is 74.7 cm³/mol. The molecule has 1 aromatic carbocycles. The highest BCUT2D eigenvalue weighted by molar-refractivity contribution is 5.28. The molecule has 0 amide bonds. The molecule has 2 aromatic rings. The molecule has 108 valence electrons. The van der Waals surface area contributed by atoms with Gasteiger partial charge < -0.3 is 15.1 Å². The minimum Gasteiger partial charge on any atom is -0.407 e. The maximum atomic E-state index is 12.9. The largest absolute Gasteiger partial charge is 0.407 e. The summed E-state index contributed by atoms with van der Waals surface area (Å²) in [4.78, 5) is 0. The van der Waals surface area contributed by atoms with Crippen LogP contribution in [0, 0.1) is 5.82 Å². The standard InChI is InChI=1S/C14H19FN4O/c1-3-8-16-9-13-18-19-14(20-13)17-10(2)11-4-6-12(15)7-5-11/h4-7,10,16H,3,8-9H2,1-2H3,(H,17,19). The third-order valence-electron chi connectivity index (χ3n) is 2.88. The van der Waals surface area contributed by atoms with Crippen molar-refractivity contribution in [3.8, 4) is 0 Å². The number of nitrogens with one attached hydrogen (secondary N) is 2. The Labute approximate surface area is 117 Å². The number of rotatable bonds is 7. The molecule has 0 bridgehead atoms. The smallest absolute Gasteiger partial charge is 0.315 e. The fourth-order valence-electron chi connectivity index (χ4n) is 1.78. The van der Waals surface area contributed by atoms with E-state index in [1.165, 1.54) is 12.1 Å². The summed E-state index contributed by atoms with van der Waals surface area (Å²) in [5, 5.41) is 14.2. The molecule has 6 heteroatoms. The van der Waals surface area contributed by atoms with Gasteiger partial charge in [0.2, 0.25) is 5.89 Å². The van der Waals surface area contributed by atoms with Gasteiger partial charge in [0.1, 0.15) is 5.82 Å². The second kappa shape index (κ2) is 7.00. The monoisotopic (exact) mass is 278 g/mol.